The minimum atomic E-state index is -0.508. The van der Waals surface area contributed by atoms with Gasteiger partial charge in [-0.1, -0.05) is 48.5 Å². The van der Waals surface area contributed by atoms with E-state index in [2.05, 4.69) is 35.5 Å². The number of likely N-dealkylation sites (tertiary alicyclic amines) is 1. The zero-order valence-electron chi connectivity index (χ0n) is 15.7. The van der Waals surface area contributed by atoms with Crippen LogP contribution in [0.1, 0.15) is 30.9 Å². The number of benzene rings is 2. The molecule has 0 aromatic heterocycles. The largest absolute Gasteiger partial charge is 0.481 e. The van der Waals surface area contributed by atoms with Gasteiger partial charge in [-0.2, -0.15) is 0 Å². The number of nitrogens with zero attached hydrogens (tertiary/aromatic N) is 1. The van der Waals surface area contributed by atoms with Gasteiger partial charge in [-0.3, -0.25) is 4.79 Å². The van der Waals surface area contributed by atoms with Gasteiger partial charge < -0.3 is 15.0 Å². The number of carbonyl (C=O) groups excluding carboxylic acids is 1. The van der Waals surface area contributed by atoms with Crippen molar-refractivity contribution in [3.05, 3.63) is 65.7 Å². The molecule has 0 bridgehead atoms. The molecule has 2 aromatic carbocycles. The Labute approximate surface area is 156 Å². The summed E-state index contributed by atoms with van der Waals surface area (Å²) in [7, 11) is 2.12. The van der Waals surface area contributed by atoms with Crippen LogP contribution in [-0.4, -0.2) is 43.1 Å². The smallest absolute Gasteiger partial charge is 0.260 e. The second kappa shape index (κ2) is 8.86. The highest BCUT2D eigenvalue weighted by molar-refractivity contribution is 5.81. The van der Waals surface area contributed by atoms with Gasteiger partial charge >= 0.3 is 0 Å². The summed E-state index contributed by atoms with van der Waals surface area (Å²) < 4.78 is 6.02. The molecule has 1 atom stereocenters. The molecule has 1 heterocycles. The van der Waals surface area contributed by atoms with Crippen LogP contribution < -0.4 is 10.1 Å². The Kier molecular flexibility index (Phi) is 6.29. The lowest BCUT2D eigenvalue weighted by Gasteiger charge is -2.30. The number of rotatable bonds is 6. The maximum absolute atomic E-state index is 12.5. The van der Waals surface area contributed by atoms with Crippen LogP contribution in [0, 0.1) is 0 Å². The number of hydrogen-bond acceptors (Lipinski definition) is 3. The standard InChI is InChI=1S/C22H28N2O2/c1-17(22(25)23-20-12-14-24(2)15-13-20)26-21-11-7-6-10-19(21)16-18-8-4-3-5-9-18/h3-11,17,20H,12-16H2,1-2H3,(H,23,25). The molecule has 0 aliphatic carbocycles. The highest BCUT2D eigenvalue weighted by atomic mass is 16.5. The van der Waals surface area contributed by atoms with Crippen molar-refractivity contribution in [1.29, 1.82) is 0 Å². The summed E-state index contributed by atoms with van der Waals surface area (Å²) in [5, 5.41) is 3.14. The maximum atomic E-state index is 12.5. The lowest BCUT2D eigenvalue weighted by molar-refractivity contribution is -0.128. The van der Waals surface area contributed by atoms with Crippen LogP contribution >= 0.6 is 0 Å². The van der Waals surface area contributed by atoms with E-state index in [1.165, 1.54) is 5.56 Å². The summed E-state index contributed by atoms with van der Waals surface area (Å²) in [6.07, 6.45) is 2.28. The molecule has 26 heavy (non-hydrogen) atoms. The van der Waals surface area contributed by atoms with E-state index in [0.717, 1.165) is 43.7 Å². The molecular weight excluding hydrogens is 324 g/mol. The van der Waals surface area contributed by atoms with Crippen molar-refractivity contribution in [1.82, 2.24) is 10.2 Å². The Morgan fingerprint density at radius 3 is 2.50 bits per heavy atom. The van der Waals surface area contributed by atoms with Crippen LogP contribution in [0.3, 0.4) is 0 Å². The van der Waals surface area contributed by atoms with Gasteiger partial charge in [0.1, 0.15) is 5.75 Å². The van der Waals surface area contributed by atoms with Crippen molar-refractivity contribution in [2.45, 2.75) is 38.3 Å². The molecule has 1 aliphatic heterocycles. The van der Waals surface area contributed by atoms with Crippen LogP contribution in [0.2, 0.25) is 0 Å². The number of para-hydroxylation sites is 1. The molecule has 0 saturated carbocycles. The second-order valence-corrected chi connectivity index (χ2v) is 7.12. The predicted molar refractivity (Wildman–Crippen MR) is 104 cm³/mol. The van der Waals surface area contributed by atoms with E-state index >= 15 is 0 Å². The lowest BCUT2D eigenvalue weighted by Crippen LogP contribution is -2.47. The number of ether oxygens (including phenoxy) is 1. The molecule has 4 heteroatoms. The summed E-state index contributed by atoms with van der Waals surface area (Å²) in [6, 6.07) is 18.5. The molecule has 3 rings (SSSR count). The van der Waals surface area contributed by atoms with Crippen molar-refractivity contribution < 1.29 is 9.53 Å². The molecule has 138 valence electrons. The van der Waals surface area contributed by atoms with Gasteiger partial charge in [0.05, 0.1) is 0 Å². The number of amides is 1. The molecule has 1 amide bonds. The first-order valence-electron chi connectivity index (χ1n) is 9.39. The molecular formula is C22H28N2O2. The van der Waals surface area contributed by atoms with Crippen LogP contribution in [0.4, 0.5) is 0 Å². The Bertz CT molecular complexity index is 709. The second-order valence-electron chi connectivity index (χ2n) is 7.12. The third-order valence-electron chi connectivity index (χ3n) is 4.95. The Balaban J connectivity index is 1.60. The number of piperidine rings is 1. The van der Waals surface area contributed by atoms with Gasteiger partial charge in [-0.25, -0.2) is 0 Å². The Morgan fingerprint density at radius 2 is 1.77 bits per heavy atom. The molecule has 2 aromatic rings. The first kappa shape index (κ1) is 18.5. The highest BCUT2D eigenvalue weighted by Gasteiger charge is 2.22. The highest BCUT2D eigenvalue weighted by Crippen LogP contribution is 2.22. The topological polar surface area (TPSA) is 41.6 Å². The Morgan fingerprint density at radius 1 is 1.12 bits per heavy atom. The molecule has 4 nitrogen and oxygen atoms in total. The quantitative estimate of drug-likeness (QED) is 0.868. The van der Waals surface area contributed by atoms with E-state index in [1.54, 1.807) is 0 Å². The molecule has 1 N–H and O–H groups in total. The third kappa shape index (κ3) is 5.09. The monoisotopic (exact) mass is 352 g/mol. The number of nitrogens with one attached hydrogen (secondary N) is 1. The summed E-state index contributed by atoms with van der Waals surface area (Å²) in [4.78, 5) is 14.8. The van der Waals surface area contributed by atoms with E-state index in [9.17, 15) is 4.79 Å². The minimum Gasteiger partial charge on any atom is -0.481 e. The average Bonchev–Trinajstić information content (AvgIpc) is 2.66. The normalized spacial score (nSPS) is 16.8. The maximum Gasteiger partial charge on any atom is 0.260 e. The fourth-order valence-corrected chi connectivity index (χ4v) is 3.30. The fourth-order valence-electron chi connectivity index (χ4n) is 3.30. The summed E-state index contributed by atoms with van der Waals surface area (Å²) in [5.41, 5.74) is 2.32. The zero-order chi connectivity index (χ0) is 18.4. The summed E-state index contributed by atoms with van der Waals surface area (Å²) >= 11 is 0. The van der Waals surface area contributed by atoms with E-state index in [0.29, 0.717) is 0 Å². The molecule has 1 saturated heterocycles. The van der Waals surface area contributed by atoms with Crippen molar-refractivity contribution in [3.8, 4) is 5.75 Å². The summed E-state index contributed by atoms with van der Waals surface area (Å²) in [6.45, 7) is 3.88. The van der Waals surface area contributed by atoms with Crippen LogP contribution in [0.25, 0.3) is 0 Å². The van der Waals surface area contributed by atoms with E-state index in [-0.39, 0.29) is 11.9 Å². The van der Waals surface area contributed by atoms with Gasteiger partial charge in [0.15, 0.2) is 6.10 Å². The van der Waals surface area contributed by atoms with Crippen molar-refractivity contribution in [2.75, 3.05) is 20.1 Å². The fraction of sp³-hybridized carbons (Fsp3) is 0.409. The van der Waals surface area contributed by atoms with Crippen molar-refractivity contribution in [3.63, 3.8) is 0 Å². The number of carbonyl (C=O) groups is 1. The molecule has 1 unspecified atom stereocenters. The van der Waals surface area contributed by atoms with Crippen molar-refractivity contribution >= 4 is 5.91 Å². The molecule has 1 aliphatic rings. The summed E-state index contributed by atoms with van der Waals surface area (Å²) in [5.74, 6) is 0.747. The van der Waals surface area contributed by atoms with Gasteiger partial charge in [-0.15, -0.1) is 0 Å². The van der Waals surface area contributed by atoms with Gasteiger partial charge in [0.25, 0.3) is 5.91 Å². The predicted octanol–water partition coefficient (Wildman–Crippen LogP) is 3.26. The third-order valence-corrected chi connectivity index (χ3v) is 4.95. The van der Waals surface area contributed by atoms with Crippen LogP contribution in [0.15, 0.2) is 54.6 Å². The lowest BCUT2D eigenvalue weighted by atomic mass is 10.0. The average molecular weight is 352 g/mol. The van der Waals surface area contributed by atoms with E-state index < -0.39 is 6.10 Å². The van der Waals surface area contributed by atoms with E-state index in [4.69, 9.17) is 4.74 Å². The molecule has 1 fully saturated rings. The Hall–Kier alpha value is -2.33. The van der Waals surface area contributed by atoms with E-state index in [1.807, 2.05) is 43.3 Å². The first-order valence-corrected chi connectivity index (χ1v) is 9.39. The van der Waals surface area contributed by atoms with Gasteiger partial charge in [-0.05, 0) is 57.1 Å². The van der Waals surface area contributed by atoms with Crippen LogP contribution in [0.5, 0.6) is 5.75 Å². The molecule has 0 radical (unpaired) electrons. The van der Waals surface area contributed by atoms with Crippen molar-refractivity contribution in [2.24, 2.45) is 0 Å². The number of hydrogen-bond donors (Lipinski definition) is 1. The van der Waals surface area contributed by atoms with Crippen LogP contribution in [-0.2, 0) is 11.2 Å². The first-order chi connectivity index (χ1) is 12.6. The molecule has 0 spiro atoms. The minimum absolute atomic E-state index is 0.0333. The SMILES string of the molecule is CC(Oc1ccccc1Cc1ccccc1)C(=O)NC1CCN(C)CC1. The van der Waals surface area contributed by atoms with Gasteiger partial charge in [0, 0.05) is 12.5 Å². The van der Waals surface area contributed by atoms with Gasteiger partial charge in [0.2, 0.25) is 0 Å². The zero-order valence-corrected chi connectivity index (χ0v) is 15.7.